The quantitative estimate of drug-likeness (QED) is 0.278. The van der Waals surface area contributed by atoms with Gasteiger partial charge in [0.1, 0.15) is 26.4 Å². The first-order valence-corrected chi connectivity index (χ1v) is 10.7. The number of aromatic hydroxyl groups is 2. The molecule has 23 heavy (non-hydrogen) atoms. The van der Waals surface area contributed by atoms with E-state index in [9.17, 15) is 10.2 Å². The molecule has 1 aromatic carbocycles. The van der Waals surface area contributed by atoms with Crippen LogP contribution in [-0.2, 0) is 16.1 Å². The summed E-state index contributed by atoms with van der Waals surface area (Å²) < 4.78 is 10.1. The smallest absolute Gasteiger partial charge is 0.150 e. The molecule has 0 atom stereocenters. The predicted molar refractivity (Wildman–Crippen MR) is 95.5 cm³/mol. The Morgan fingerprint density at radius 1 is 1.26 bits per heavy atom. The molecule has 1 aromatic rings. The van der Waals surface area contributed by atoms with Gasteiger partial charge in [0.05, 0.1) is 17.2 Å². The minimum absolute atomic E-state index is 0.0524. The average molecular weight is 357 g/mol. The van der Waals surface area contributed by atoms with Gasteiger partial charge in [-0.3, -0.25) is 0 Å². The number of rotatable bonds is 4. The van der Waals surface area contributed by atoms with Crippen molar-refractivity contribution in [3.63, 3.8) is 0 Å². The van der Waals surface area contributed by atoms with Crippen molar-refractivity contribution in [3.8, 4) is 23.0 Å². The first-order valence-electron chi connectivity index (χ1n) is 7.34. The van der Waals surface area contributed by atoms with Gasteiger partial charge in [0.2, 0.25) is 0 Å². The number of ether oxygens (including phenoxy) is 2. The van der Waals surface area contributed by atoms with Gasteiger partial charge in [-0.05, 0) is 5.04 Å². The highest BCUT2D eigenvalue weighted by Gasteiger charge is 2.33. The summed E-state index contributed by atoms with van der Waals surface area (Å²) in [4.78, 5) is 0. The summed E-state index contributed by atoms with van der Waals surface area (Å²) >= 11 is 5.96. The lowest BCUT2D eigenvalue weighted by Crippen LogP contribution is -2.35. The second-order valence-electron chi connectivity index (χ2n) is 6.96. The SMILES string of the molecule is COCOCc1c(O)cc(Cl)c(O)c1C#C[Si](C)(C)C(C)(C)C. The van der Waals surface area contributed by atoms with E-state index in [2.05, 4.69) is 45.3 Å². The zero-order chi connectivity index (χ0) is 17.8. The van der Waals surface area contributed by atoms with Gasteiger partial charge in [0.25, 0.3) is 0 Å². The number of phenols is 2. The second kappa shape index (κ2) is 7.58. The summed E-state index contributed by atoms with van der Waals surface area (Å²) in [6.07, 6.45) is 0. The monoisotopic (exact) mass is 356 g/mol. The minimum atomic E-state index is -1.87. The molecule has 0 spiro atoms. The van der Waals surface area contributed by atoms with E-state index in [-0.39, 0.29) is 35.0 Å². The van der Waals surface area contributed by atoms with Crippen LogP contribution in [0.25, 0.3) is 0 Å². The van der Waals surface area contributed by atoms with E-state index in [0.717, 1.165) is 0 Å². The van der Waals surface area contributed by atoms with Crippen LogP contribution in [0.1, 0.15) is 31.9 Å². The van der Waals surface area contributed by atoms with Gasteiger partial charge in [-0.1, -0.05) is 51.4 Å². The molecule has 2 N–H and O–H groups in total. The van der Waals surface area contributed by atoms with Crippen molar-refractivity contribution < 1.29 is 19.7 Å². The van der Waals surface area contributed by atoms with Crippen molar-refractivity contribution in [3.05, 3.63) is 22.2 Å². The Morgan fingerprint density at radius 2 is 1.87 bits per heavy atom. The Kier molecular flexibility index (Phi) is 6.55. The fourth-order valence-corrected chi connectivity index (χ4v) is 2.59. The lowest BCUT2D eigenvalue weighted by Gasteiger charge is -2.31. The largest absolute Gasteiger partial charge is 0.507 e. The molecular formula is C17H25ClO4Si. The molecule has 128 valence electrons. The van der Waals surface area contributed by atoms with Crippen molar-refractivity contribution in [2.45, 2.75) is 45.5 Å². The van der Waals surface area contributed by atoms with E-state index in [1.54, 1.807) is 0 Å². The molecule has 0 aromatic heterocycles. The van der Waals surface area contributed by atoms with Crippen LogP contribution in [0.15, 0.2) is 6.07 Å². The Labute approximate surface area is 144 Å². The summed E-state index contributed by atoms with van der Waals surface area (Å²) in [6.45, 7) is 11.0. The van der Waals surface area contributed by atoms with Crippen LogP contribution >= 0.6 is 11.6 Å². The van der Waals surface area contributed by atoms with Gasteiger partial charge in [-0.2, -0.15) is 0 Å². The Hall–Kier alpha value is -1.19. The predicted octanol–water partition coefficient (Wildman–Crippen LogP) is 4.27. The second-order valence-corrected chi connectivity index (χ2v) is 12.4. The summed E-state index contributed by atoms with van der Waals surface area (Å²) in [5.41, 5.74) is 4.04. The molecule has 0 unspecified atom stereocenters. The van der Waals surface area contributed by atoms with E-state index in [4.69, 9.17) is 21.1 Å². The Balaban J connectivity index is 3.34. The molecular weight excluding hydrogens is 332 g/mol. The highest BCUT2D eigenvalue weighted by Crippen LogP contribution is 2.38. The third-order valence-corrected chi connectivity index (χ3v) is 8.95. The van der Waals surface area contributed by atoms with Crippen LogP contribution in [0.4, 0.5) is 0 Å². The van der Waals surface area contributed by atoms with Gasteiger partial charge >= 0.3 is 0 Å². The number of hydrogen-bond donors (Lipinski definition) is 2. The molecule has 0 heterocycles. The molecule has 0 saturated heterocycles. The maximum atomic E-state index is 10.2. The average Bonchev–Trinajstić information content (AvgIpc) is 2.42. The molecule has 0 bridgehead atoms. The third kappa shape index (κ3) is 4.89. The van der Waals surface area contributed by atoms with Crippen LogP contribution in [0, 0.1) is 11.5 Å². The van der Waals surface area contributed by atoms with Crippen molar-refractivity contribution in [2.75, 3.05) is 13.9 Å². The number of phenolic OH excluding ortho intramolecular Hbond substituents is 2. The highest BCUT2D eigenvalue weighted by atomic mass is 35.5. The molecule has 0 radical (unpaired) electrons. The topological polar surface area (TPSA) is 58.9 Å². The maximum absolute atomic E-state index is 10.2. The number of hydrogen-bond acceptors (Lipinski definition) is 4. The molecule has 0 aliphatic rings. The van der Waals surface area contributed by atoms with Crippen molar-refractivity contribution in [2.24, 2.45) is 0 Å². The van der Waals surface area contributed by atoms with Crippen LogP contribution in [-0.4, -0.2) is 32.2 Å². The van der Waals surface area contributed by atoms with Crippen LogP contribution in [0.5, 0.6) is 11.5 Å². The molecule has 0 amide bonds. The maximum Gasteiger partial charge on any atom is 0.150 e. The van der Waals surface area contributed by atoms with Crippen molar-refractivity contribution in [1.82, 2.24) is 0 Å². The highest BCUT2D eigenvalue weighted by molar-refractivity contribution is 6.87. The zero-order valence-electron chi connectivity index (χ0n) is 14.6. The number of methoxy groups -OCH3 is 1. The standard InChI is InChI=1S/C17H25ClO4Si/c1-17(2,3)23(5,6)8-7-12-13(10-22-11-21-4)15(19)9-14(18)16(12)20/h9,19-20H,10-11H2,1-6H3. The molecule has 4 nitrogen and oxygen atoms in total. The van der Waals surface area contributed by atoms with E-state index < -0.39 is 8.07 Å². The van der Waals surface area contributed by atoms with Crippen LogP contribution in [0.2, 0.25) is 23.2 Å². The van der Waals surface area contributed by atoms with Gasteiger partial charge < -0.3 is 19.7 Å². The van der Waals surface area contributed by atoms with Gasteiger partial charge in [-0.15, -0.1) is 5.54 Å². The van der Waals surface area contributed by atoms with Crippen LogP contribution < -0.4 is 0 Å². The Morgan fingerprint density at radius 3 is 2.39 bits per heavy atom. The lowest BCUT2D eigenvalue weighted by atomic mass is 10.1. The molecule has 6 heteroatoms. The van der Waals surface area contributed by atoms with Gasteiger partial charge in [0.15, 0.2) is 0 Å². The van der Waals surface area contributed by atoms with E-state index in [0.29, 0.717) is 11.1 Å². The van der Waals surface area contributed by atoms with Crippen LogP contribution in [0.3, 0.4) is 0 Å². The lowest BCUT2D eigenvalue weighted by molar-refractivity contribution is -0.0396. The molecule has 0 saturated carbocycles. The fourth-order valence-electron chi connectivity index (χ4n) is 1.58. The first-order chi connectivity index (χ1) is 10.5. The van der Waals surface area contributed by atoms with E-state index in [1.165, 1.54) is 13.2 Å². The normalized spacial score (nSPS) is 12.0. The van der Waals surface area contributed by atoms with Crippen molar-refractivity contribution in [1.29, 1.82) is 0 Å². The van der Waals surface area contributed by atoms with E-state index >= 15 is 0 Å². The summed E-state index contributed by atoms with van der Waals surface area (Å²) in [7, 11) is -0.358. The van der Waals surface area contributed by atoms with Crippen molar-refractivity contribution >= 4 is 19.7 Å². The molecule has 0 aliphatic carbocycles. The first kappa shape index (κ1) is 19.9. The number of benzene rings is 1. The zero-order valence-corrected chi connectivity index (χ0v) is 16.3. The summed E-state index contributed by atoms with van der Waals surface area (Å²) in [6, 6.07) is 1.29. The summed E-state index contributed by atoms with van der Waals surface area (Å²) in [5.74, 6) is 2.85. The number of halogens is 1. The van der Waals surface area contributed by atoms with E-state index in [1.807, 2.05) is 0 Å². The Bertz CT molecular complexity index is 624. The molecule has 0 aliphatic heterocycles. The third-order valence-electron chi connectivity index (χ3n) is 4.16. The fraction of sp³-hybridized carbons (Fsp3) is 0.529. The molecule has 0 fully saturated rings. The van der Waals surface area contributed by atoms with Gasteiger partial charge in [0, 0.05) is 18.7 Å². The minimum Gasteiger partial charge on any atom is -0.507 e. The summed E-state index contributed by atoms with van der Waals surface area (Å²) in [5, 5.41) is 20.5. The van der Waals surface area contributed by atoms with Gasteiger partial charge in [-0.25, -0.2) is 0 Å². The molecule has 1 rings (SSSR count).